The molecule has 16 heavy (non-hydrogen) atoms. The topological polar surface area (TPSA) is 50.9 Å². The maximum atomic E-state index is 9.58. The second-order valence-electron chi connectivity index (χ2n) is 4.19. The van der Waals surface area contributed by atoms with Crippen LogP contribution in [-0.4, -0.2) is 25.1 Å². The van der Waals surface area contributed by atoms with E-state index >= 15 is 0 Å². The molecule has 0 spiro atoms. The van der Waals surface area contributed by atoms with Crippen LogP contribution in [0.1, 0.15) is 25.3 Å². The largest absolute Gasteiger partial charge is 0.393 e. The highest BCUT2D eigenvalue weighted by molar-refractivity contribution is 7.03. The van der Waals surface area contributed by atoms with E-state index in [2.05, 4.69) is 13.9 Å². The lowest BCUT2D eigenvalue weighted by molar-refractivity contribution is 0.178. The summed E-state index contributed by atoms with van der Waals surface area (Å²) >= 11 is 1.44. The molecule has 3 rings (SSSR count). The fourth-order valence-electron chi connectivity index (χ4n) is 2.33. The van der Waals surface area contributed by atoms with Gasteiger partial charge in [0.05, 0.1) is 12.3 Å². The molecule has 84 valence electrons. The SMILES string of the molecule is O[C@H]1CC[C@@H](n2ccnc2-c2cnsc2)C1. The molecule has 0 radical (unpaired) electrons. The number of hydrogen-bond acceptors (Lipinski definition) is 4. The average Bonchev–Trinajstić information content (AvgIpc) is 2.96. The first-order valence-corrected chi connectivity index (χ1v) is 6.29. The summed E-state index contributed by atoms with van der Waals surface area (Å²) in [6.45, 7) is 0. The van der Waals surface area contributed by atoms with Gasteiger partial charge in [0.25, 0.3) is 0 Å². The van der Waals surface area contributed by atoms with Crippen molar-refractivity contribution in [2.45, 2.75) is 31.4 Å². The summed E-state index contributed by atoms with van der Waals surface area (Å²) in [6.07, 6.45) is 8.26. The second kappa shape index (κ2) is 3.99. The lowest BCUT2D eigenvalue weighted by Gasteiger charge is -2.14. The number of hydrogen-bond donors (Lipinski definition) is 1. The first-order chi connectivity index (χ1) is 7.84. The van der Waals surface area contributed by atoms with E-state index < -0.39 is 0 Å². The monoisotopic (exact) mass is 235 g/mol. The summed E-state index contributed by atoms with van der Waals surface area (Å²) in [5, 5.41) is 11.6. The van der Waals surface area contributed by atoms with Crippen molar-refractivity contribution in [1.29, 1.82) is 0 Å². The Labute approximate surface area is 97.7 Å². The summed E-state index contributed by atoms with van der Waals surface area (Å²) in [6, 6.07) is 0.382. The molecule has 2 atom stereocenters. The van der Waals surface area contributed by atoms with Gasteiger partial charge in [-0.25, -0.2) is 9.36 Å². The van der Waals surface area contributed by atoms with Gasteiger partial charge in [-0.1, -0.05) is 0 Å². The normalized spacial score (nSPS) is 25.1. The van der Waals surface area contributed by atoms with Gasteiger partial charge in [0.15, 0.2) is 0 Å². The molecule has 4 nitrogen and oxygen atoms in total. The Hall–Kier alpha value is -1.20. The van der Waals surface area contributed by atoms with Crippen LogP contribution in [0.15, 0.2) is 24.0 Å². The Balaban J connectivity index is 1.94. The Morgan fingerprint density at radius 1 is 1.44 bits per heavy atom. The molecular weight excluding hydrogens is 222 g/mol. The van der Waals surface area contributed by atoms with Gasteiger partial charge in [0.1, 0.15) is 5.82 Å². The Morgan fingerprint density at radius 3 is 3.06 bits per heavy atom. The average molecular weight is 235 g/mol. The molecule has 1 aliphatic carbocycles. The molecule has 1 aliphatic rings. The van der Waals surface area contributed by atoms with Crippen molar-refractivity contribution in [3.63, 3.8) is 0 Å². The molecule has 1 N–H and O–H groups in total. The van der Waals surface area contributed by atoms with Crippen LogP contribution in [0.3, 0.4) is 0 Å². The number of aliphatic hydroxyl groups is 1. The lowest BCUT2D eigenvalue weighted by Crippen LogP contribution is -2.07. The third-order valence-electron chi connectivity index (χ3n) is 3.13. The van der Waals surface area contributed by atoms with Gasteiger partial charge >= 0.3 is 0 Å². The molecule has 0 aromatic carbocycles. The van der Waals surface area contributed by atoms with Crippen LogP contribution >= 0.6 is 11.5 Å². The smallest absolute Gasteiger partial charge is 0.142 e. The van der Waals surface area contributed by atoms with Gasteiger partial charge in [-0.3, -0.25) is 0 Å². The van der Waals surface area contributed by atoms with Crippen LogP contribution < -0.4 is 0 Å². The molecule has 5 heteroatoms. The van der Waals surface area contributed by atoms with Crippen LogP contribution in [-0.2, 0) is 0 Å². The van der Waals surface area contributed by atoms with Crippen LogP contribution in [0.5, 0.6) is 0 Å². The number of nitrogens with zero attached hydrogens (tertiary/aromatic N) is 3. The van der Waals surface area contributed by atoms with Crippen molar-refractivity contribution in [2.75, 3.05) is 0 Å². The zero-order valence-electron chi connectivity index (χ0n) is 8.78. The Morgan fingerprint density at radius 2 is 2.38 bits per heavy atom. The van der Waals surface area contributed by atoms with Gasteiger partial charge in [0, 0.05) is 29.4 Å². The van der Waals surface area contributed by atoms with Gasteiger partial charge in [-0.2, -0.15) is 0 Å². The lowest BCUT2D eigenvalue weighted by atomic mass is 10.2. The van der Waals surface area contributed by atoms with Crippen LogP contribution in [0.25, 0.3) is 11.4 Å². The second-order valence-corrected chi connectivity index (χ2v) is 4.85. The minimum Gasteiger partial charge on any atom is -0.393 e. The van der Waals surface area contributed by atoms with Gasteiger partial charge in [0.2, 0.25) is 0 Å². The van der Waals surface area contributed by atoms with E-state index in [0.717, 1.165) is 30.7 Å². The highest BCUT2D eigenvalue weighted by atomic mass is 32.1. The molecule has 0 saturated heterocycles. The van der Waals surface area contributed by atoms with E-state index in [1.54, 1.807) is 0 Å². The fourth-order valence-corrected chi connectivity index (χ4v) is 2.85. The summed E-state index contributed by atoms with van der Waals surface area (Å²) in [7, 11) is 0. The summed E-state index contributed by atoms with van der Waals surface area (Å²) < 4.78 is 6.27. The third kappa shape index (κ3) is 1.66. The van der Waals surface area contributed by atoms with E-state index in [1.807, 2.05) is 24.0 Å². The standard InChI is InChI=1S/C11H13N3OS/c15-10-2-1-9(5-10)14-4-3-12-11(14)8-6-13-16-7-8/h3-4,6-7,9-10,15H,1-2,5H2/t9-,10+/m1/s1. The van der Waals surface area contributed by atoms with E-state index in [0.29, 0.717) is 6.04 Å². The van der Waals surface area contributed by atoms with Gasteiger partial charge in [-0.15, -0.1) is 0 Å². The van der Waals surface area contributed by atoms with Crippen molar-refractivity contribution in [3.05, 3.63) is 24.0 Å². The summed E-state index contributed by atoms with van der Waals surface area (Å²) in [5.74, 6) is 0.966. The van der Waals surface area contributed by atoms with Crippen LogP contribution in [0.4, 0.5) is 0 Å². The number of aromatic nitrogens is 3. The zero-order valence-corrected chi connectivity index (χ0v) is 9.60. The highest BCUT2D eigenvalue weighted by Gasteiger charge is 2.25. The first-order valence-electron chi connectivity index (χ1n) is 5.45. The third-order valence-corrected chi connectivity index (χ3v) is 3.72. The predicted octanol–water partition coefficient (Wildman–Crippen LogP) is 2.09. The molecule has 0 bridgehead atoms. The summed E-state index contributed by atoms with van der Waals surface area (Å²) in [4.78, 5) is 4.38. The summed E-state index contributed by atoms with van der Waals surface area (Å²) in [5.41, 5.74) is 1.07. The predicted molar refractivity (Wildman–Crippen MR) is 62.2 cm³/mol. The number of aliphatic hydroxyl groups excluding tert-OH is 1. The Bertz CT molecular complexity index is 465. The minimum atomic E-state index is -0.152. The van der Waals surface area contributed by atoms with Crippen molar-refractivity contribution >= 4 is 11.5 Å². The zero-order chi connectivity index (χ0) is 11.0. The Kier molecular flexibility index (Phi) is 2.49. The minimum absolute atomic E-state index is 0.152. The molecule has 0 unspecified atom stereocenters. The van der Waals surface area contributed by atoms with Crippen molar-refractivity contribution in [2.24, 2.45) is 0 Å². The van der Waals surface area contributed by atoms with Crippen molar-refractivity contribution in [1.82, 2.24) is 13.9 Å². The molecule has 0 aliphatic heterocycles. The molecule has 2 heterocycles. The number of rotatable bonds is 2. The highest BCUT2D eigenvalue weighted by Crippen LogP contribution is 2.33. The molecular formula is C11H13N3OS. The van der Waals surface area contributed by atoms with E-state index in [-0.39, 0.29) is 6.10 Å². The molecule has 2 aromatic rings. The maximum Gasteiger partial charge on any atom is 0.142 e. The van der Waals surface area contributed by atoms with E-state index in [9.17, 15) is 5.11 Å². The maximum absolute atomic E-state index is 9.58. The van der Waals surface area contributed by atoms with E-state index in [4.69, 9.17) is 0 Å². The number of imidazole rings is 1. The van der Waals surface area contributed by atoms with E-state index in [1.165, 1.54) is 11.5 Å². The van der Waals surface area contributed by atoms with Crippen LogP contribution in [0.2, 0.25) is 0 Å². The van der Waals surface area contributed by atoms with Gasteiger partial charge < -0.3 is 9.67 Å². The molecule has 1 fully saturated rings. The fraction of sp³-hybridized carbons (Fsp3) is 0.455. The van der Waals surface area contributed by atoms with Crippen molar-refractivity contribution in [3.8, 4) is 11.4 Å². The first kappa shape index (κ1) is 9.99. The van der Waals surface area contributed by atoms with Crippen molar-refractivity contribution < 1.29 is 5.11 Å². The molecule has 0 amide bonds. The van der Waals surface area contributed by atoms with Crippen LogP contribution in [0, 0.1) is 0 Å². The van der Waals surface area contributed by atoms with Gasteiger partial charge in [-0.05, 0) is 30.8 Å². The quantitative estimate of drug-likeness (QED) is 0.867. The molecule has 2 aromatic heterocycles. The molecule has 1 saturated carbocycles.